The second-order valence-electron chi connectivity index (χ2n) is 5.88. The van der Waals surface area contributed by atoms with E-state index in [0.29, 0.717) is 13.0 Å². The lowest BCUT2D eigenvalue weighted by atomic mass is 10.1. The molecule has 24 heavy (non-hydrogen) atoms. The van der Waals surface area contributed by atoms with Gasteiger partial charge in [0, 0.05) is 30.8 Å². The van der Waals surface area contributed by atoms with Gasteiger partial charge in [-0.2, -0.15) is 0 Å². The molecule has 128 valence electrons. The molecule has 1 heterocycles. The summed E-state index contributed by atoms with van der Waals surface area (Å²) in [6, 6.07) is 14.1. The van der Waals surface area contributed by atoms with E-state index >= 15 is 0 Å². The predicted molar refractivity (Wildman–Crippen MR) is 99.0 cm³/mol. The molecule has 0 aliphatic carbocycles. The van der Waals surface area contributed by atoms with Gasteiger partial charge in [0.25, 0.3) is 0 Å². The summed E-state index contributed by atoms with van der Waals surface area (Å²) in [6.45, 7) is 4.35. The number of aryl methyl sites for hydroxylation is 2. The lowest BCUT2D eigenvalue weighted by Gasteiger charge is -2.10. The summed E-state index contributed by atoms with van der Waals surface area (Å²) in [5, 5.41) is 6.27. The molecule has 1 aliphatic heterocycles. The molecule has 0 unspecified atom stereocenters. The van der Waals surface area contributed by atoms with Crippen LogP contribution in [0.5, 0.6) is 5.75 Å². The van der Waals surface area contributed by atoms with Gasteiger partial charge in [0.05, 0.1) is 0 Å². The van der Waals surface area contributed by atoms with Crippen LogP contribution in [-0.4, -0.2) is 19.1 Å². The van der Waals surface area contributed by atoms with Crippen LogP contribution in [0.25, 0.3) is 0 Å². The van der Waals surface area contributed by atoms with Gasteiger partial charge in [-0.05, 0) is 37.1 Å². The summed E-state index contributed by atoms with van der Waals surface area (Å²) in [5.74, 6) is 0.931. The fourth-order valence-corrected chi connectivity index (χ4v) is 2.63. The first-order valence-electron chi connectivity index (χ1n) is 8.02. The van der Waals surface area contributed by atoms with Gasteiger partial charge in [0.2, 0.25) is 5.91 Å². The quantitative estimate of drug-likeness (QED) is 0.891. The highest BCUT2D eigenvalue weighted by Gasteiger charge is 2.10. The van der Waals surface area contributed by atoms with Crippen molar-refractivity contribution in [2.75, 3.05) is 18.5 Å². The Morgan fingerprint density at radius 3 is 2.79 bits per heavy atom. The fraction of sp³-hybridized carbons (Fsp3) is 0.316. The molecule has 2 aromatic rings. The van der Waals surface area contributed by atoms with Crippen molar-refractivity contribution in [1.82, 2.24) is 5.32 Å². The van der Waals surface area contributed by atoms with Crippen molar-refractivity contribution >= 4 is 24.0 Å². The molecule has 1 aliphatic rings. The zero-order valence-corrected chi connectivity index (χ0v) is 14.6. The molecule has 0 radical (unpaired) electrons. The van der Waals surface area contributed by atoms with Crippen LogP contribution in [0, 0.1) is 6.92 Å². The summed E-state index contributed by atoms with van der Waals surface area (Å²) in [5.41, 5.74) is 4.33. The third-order valence-electron chi connectivity index (χ3n) is 3.96. The molecule has 1 amide bonds. The van der Waals surface area contributed by atoms with E-state index < -0.39 is 0 Å². The maximum atomic E-state index is 12.1. The van der Waals surface area contributed by atoms with Crippen LogP contribution < -0.4 is 15.4 Å². The molecular weight excluding hydrogens is 324 g/mol. The lowest BCUT2D eigenvalue weighted by Crippen LogP contribution is -2.16. The smallest absolute Gasteiger partial charge is 0.224 e. The minimum Gasteiger partial charge on any atom is -0.492 e. The van der Waals surface area contributed by atoms with E-state index in [1.807, 2.05) is 18.2 Å². The highest BCUT2D eigenvalue weighted by atomic mass is 35.5. The number of carbonyl (C=O) groups excluding carboxylic acids is 1. The van der Waals surface area contributed by atoms with Crippen LogP contribution in [0.2, 0.25) is 0 Å². The van der Waals surface area contributed by atoms with Gasteiger partial charge in [-0.3, -0.25) is 4.79 Å². The second kappa shape index (κ2) is 8.71. The van der Waals surface area contributed by atoms with Gasteiger partial charge in [-0.25, -0.2) is 0 Å². The van der Waals surface area contributed by atoms with Crippen molar-refractivity contribution in [2.24, 2.45) is 0 Å². The summed E-state index contributed by atoms with van der Waals surface area (Å²) in [7, 11) is 0. The zero-order chi connectivity index (χ0) is 16.1. The van der Waals surface area contributed by atoms with Crippen molar-refractivity contribution in [2.45, 2.75) is 26.3 Å². The van der Waals surface area contributed by atoms with Gasteiger partial charge >= 0.3 is 0 Å². The lowest BCUT2D eigenvalue weighted by molar-refractivity contribution is -0.116. The molecule has 2 aromatic carbocycles. The van der Waals surface area contributed by atoms with Crippen molar-refractivity contribution in [3.8, 4) is 5.75 Å². The van der Waals surface area contributed by atoms with E-state index in [9.17, 15) is 4.79 Å². The summed E-state index contributed by atoms with van der Waals surface area (Å²) in [4.78, 5) is 12.1. The minimum absolute atomic E-state index is 0. The Hall–Kier alpha value is -2.04. The average Bonchev–Trinajstić information content (AvgIpc) is 2.79. The molecule has 0 aromatic heterocycles. The topological polar surface area (TPSA) is 50.4 Å². The molecule has 4 nitrogen and oxygen atoms in total. The van der Waals surface area contributed by atoms with E-state index in [4.69, 9.17) is 4.74 Å². The molecular formula is C19H23ClN2O2. The first-order chi connectivity index (χ1) is 11.2. The van der Waals surface area contributed by atoms with Crippen LogP contribution in [0.15, 0.2) is 42.5 Å². The van der Waals surface area contributed by atoms with Gasteiger partial charge in [0.15, 0.2) is 0 Å². The van der Waals surface area contributed by atoms with Crippen LogP contribution in [0.4, 0.5) is 5.69 Å². The Morgan fingerprint density at radius 1 is 1.21 bits per heavy atom. The molecule has 0 saturated carbocycles. The Kier molecular flexibility index (Phi) is 6.64. The average molecular weight is 347 g/mol. The highest BCUT2D eigenvalue weighted by molar-refractivity contribution is 5.91. The fourth-order valence-electron chi connectivity index (χ4n) is 2.63. The Balaban J connectivity index is 0.00000208. The number of hydrogen-bond donors (Lipinski definition) is 2. The number of nitrogens with one attached hydrogen (secondary N) is 2. The molecule has 0 fully saturated rings. The molecule has 0 atom stereocenters. The van der Waals surface area contributed by atoms with E-state index in [1.54, 1.807) is 0 Å². The van der Waals surface area contributed by atoms with Crippen molar-refractivity contribution in [1.29, 1.82) is 0 Å². The molecule has 0 saturated heterocycles. The standard InChI is InChI=1S/C19H22N2O2.ClH/c1-14-2-4-15(5-3-14)6-9-19(22)21-17-7-8-18-16(12-17)13-20-10-11-23-18;/h2-5,7-8,12,20H,6,9-11,13H2,1H3,(H,21,22);1H. The maximum absolute atomic E-state index is 12.1. The number of ether oxygens (including phenoxy) is 1. The maximum Gasteiger partial charge on any atom is 0.224 e. The normalized spacial score (nSPS) is 13.0. The number of hydrogen-bond acceptors (Lipinski definition) is 3. The molecule has 0 spiro atoms. The number of amides is 1. The molecule has 2 N–H and O–H groups in total. The number of fused-ring (bicyclic) bond motifs is 1. The third-order valence-corrected chi connectivity index (χ3v) is 3.96. The summed E-state index contributed by atoms with van der Waals surface area (Å²) in [6.07, 6.45) is 1.23. The molecule has 0 bridgehead atoms. The van der Waals surface area contributed by atoms with E-state index in [2.05, 4.69) is 41.8 Å². The van der Waals surface area contributed by atoms with Crippen LogP contribution >= 0.6 is 12.4 Å². The van der Waals surface area contributed by atoms with Crippen molar-refractivity contribution < 1.29 is 9.53 Å². The summed E-state index contributed by atoms with van der Waals surface area (Å²) < 4.78 is 5.65. The molecule has 3 rings (SSSR count). The first-order valence-corrected chi connectivity index (χ1v) is 8.02. The zero-order valence-electron chi connectivity index (χ0n) is 13.8. The number of halogens is 1. The van der Waals surface area contributed by atoms with Crippen LogP contribution in [0.3, 0.4) is 0 Å². The van der Waals surface area contributed by atoms with Crippen molar-refractivity contribution in [3.63, 3.8) is 0 Å². The number of rotatable bonds is 4. The monoisotopic (exact) mass is 346 g/mol. The number of anilines is 1. The Labute approximate surface area is 149 Å². The number of benzene rings is 2. The SMILES string of the molecule is Cc1ccc(CCC(=O)Nc2ccc3c(c2)CNCCO3)cc1.Cl. The van der Waals surface area contributed by atoms with E-state index in [1.165, 1.54) is 11.1 Å². The largest absolute Gasteiger partial charge is 0.492 e. The van der Waals surface area contributed by atoms with Gasteiger partial charge in [-0.1, -0.05) is 29.8 Å². The Morgan fingerprint density at radius 2 is 2.00 bits per heavy atom. The van der Waals surface area contributed by atoms with Crippen LogP contribution in [0.1, 0.15) is 23.1 Å². The second-order valence-corrected chi connectivity index (χ2v) is 5.88. The van der Waals surface area contributed by atoms with Gasteiger partial charge in [-0.15, -0.1) is 12.4 Å². The molecule has 5 heteroatoms. The summed E-state index contributed by atoms with van der Waals surface area (Å²) >= 11 is 0. The minimum atomic E-state index is 0. The van der Waals surface area contributed by atoms with Gasteiger partial charge in [0.1, 0.15) is 12.4 Å². The van der Waals surface area contributed by atoms with Gasteiger partial charge < -0.3 is 15.4 Å². The first kappa shape index (κ1) is 18.3. The number of carbonyl (C=O) groups is 1. The predicted octanol–water partition coefficient (Wildman–Crippen LogP) is 3.47. The van der Waals surface area contributed by atoms with E-state index in [0.717, 1.165) is 36.5 Å². The highest BCUT2D eigenvalue weighted by Crippen LogP contribution is 2.24. The van der Waals surface area contributed by atoms with Crippen molar-refractivity contribution in [3.05, 3.63) is 59.2 Å². The Bertz CT molecular complexity index is 686. The van der Waals surface area contributed by atoms with E-state index in [-0.39, 0.29) is 18.3 Å². The third kappa shape index (κ3) is 4.98. The van der Waals surface area contributed by atoms with Crippen LogP contribution in [-0.2, 0) is 17.8 Å².